The quantitative estimate of drug-likeness (QED) is 0.390. The van der Waals surface area contributed by atoms with E-state index in [1.807, 2.05) is 0 Å². The molecule has 0 aromatic rings. The van der Waals surface area contributed by atoms with Crippen molar-refractivity contribution in [2.45, 2.75) is 26.7 Å². The topological polar surface area (TPSA) is 63.7 Å². The molecule has 1 fully saturated rings. The number of sulfonamides is 1. The lowest BCUT2D eigenvalue weighted by Crippen LogP contribution is -2.24. The van der Waals surface area contributed by atoms with Crippen molar-refractivity contribution in [2.75, 3.05) is 19.9 Å². The van der Waals surface area contributed by atoms with Gasteiger partial charge in [0.1, 0.15) is 6.29 Å². The van der Waals surface area contributed by atoms with E-state index in [0.717, 1.165) is 16.8 Å². The van der Waals surface area contributed by atoms with Gasteiger partial charge < -0.3 is 9.53 Å². The number of rotatable bonds is 8. The summed E-state index contributed by atoms with van der Waals surface area (Å²) in [7, 11) is -1.90. The number of carbonyl (C=O) groups is 1. The van der Waals surface area contributed by atoms with Gasteiger partial charge in [-0.3, -0.25) is 4.31 Å². The van der Waals surface area contributed by atoms with Gasteiger partial charge in [-0.05, 0) is 31.3 Å². The summed E-state index contributed by atoms with van der Waals surface area (Å²) in [5, 5.41) is 0. The molecule has 2 unspecified atom stereocenters. The van der Waals surface area contributed by atoms with Crippen molar-refractivity contribution < 1.29 is 17.9 Å². The van der Waals surface area contributed by atoms with Crippen molar-refractivity contribution in [1.29, 1.82) is 0 Å². The highest BCUT2D eigenvalue weighted by Crippen LogP contribution is 2.38. The van der Waals surface area contributed by atoms with Crippen LogP contribution in [0, 0.1) is 11.8 Å². The predicted octanol–water partition coefficient (Wildman–Crippen LogP) is 1.93. The molecule has 0 aromatic heterocycles. The fourth-order valence-electron chi connectivity index (χ4n) is 1.76. The van der Waals surface area contributed by atoms with E-state index in [9.17, 15) is 13.2 Å². The highest BCUT2D eigenvalue weighted by Gasteiger charge is 2.32. The molecular weight excluding hydrogens is 278 g/mol. The van der Waals surface area contributed by atoms with Gasteiger partial charge >= 0.3 is 0 Å². The van der Waals surface area contributed by atoms with E-state index >= 15 is 0 Å². The lowest BCUT2D eigenvalue weighted by molar-refractivity contribution is -0.107. The molecule has 114 valence electrons. The number of ether oxygens (including phenoxy) is 1. The molecule has 0 aromatic carbocycles. The van der Waals surface area contributed by atoms with Crippen molar-refractivity contribution >= 4 is 16.3 Å². The number of hydrogen-bond acceptors (Lipinski definition) is 4. The minimum atomic E-state index is -3.36. The van der Waals surface area contributed by atoms with Crippen LogP contribution in [-0.4, -0.2) is 38.9 Å². The van der Waals surface area contributed by atoms with Gasteiger partial charge in [-0.15, -0.1) is 0 Å². The summed E-state index contributed by atoms with van der Waals surface area (Å²) < 4.78 is 29.9. The van der Waals surface area contributed by atoms with Crippen LogP contribution in [0.2, 0.25) is 0 Å². The summed E-state index contributed by atoms with van der Waals surface area (Å²) in [5.74, 6) is 1.97. The molecule has 0 amide bonds. The highest BCUT2D eigenvalue weighted by molar-refractivity contribution is 7.88. The van der Waals surface area contributed by atoms with E-state index in [4.69, 9.17) is 4.74 Å². The van der Waals surface area contributed by atoms with Gasteiger partial charge in [0.25, 0.3) is 0 Å². The van der Waals surface area contributed by atoms with Crippen molar-refractivity contribution in [3.63, 3.8) is 0 Å². The molecule has 6 heteroatoms. The van der Waals surface area contributed by atoms with Gasteiger partial charge in [-0.2, -0.15) is 0 Å². The van der Waals surface area contributed by atoms with E-state index in [1.54, 1.807) is 19.1 Å². The third kappa shape index (κ3) is 5.36. The van der Waals surface area contributed by atoms with E-state index in [2.05, 4.69) is 6.92 Å². The van der Waals surface area contributed by atoms with Gasteiger partial charge in [0, 0.05) is 13.5 Å². The largest absolute Gasteiger partial charge is 0.498 e. The van der Waals surface area contributed by atoms with Crippen LogP contribution in [0.1, 0.15) is 26.7 Å². The zero-order valence-electron chi connectivity index (χ0n) is 12.5. The van der Waals surface area contributed by atoms with Crippen molar-refractivity contribution in [3.05, 3.63) is 23.6 Å². The molecule has 0 radical (unpaired) electrons. The van der Waals surface area contributed by atoms with Crippen LogP contribution in [0.5, 0.6) is 0 Å². The van der Waals surface area contributed by atoms with Crippen LogP contribution >= 0.6 is 0 Å². The maximum Gasteiger partial charge on any atom is 0.231 e. The molecule has 1 aliphatic rings. The lowest BCUT2D eigenvalue weighted by atomic mass is 10.3. The lowest BCUT2D eigenvalue weighted by Gasteiger charge is -2.18. The predicted molar refractivity (Wildman–Crippen MR) is 78.4 cm³/mol. The van der Waals surface area contributed by atoms with Gasteiger partial charge in [0.05, 0.1) is 24.3 Å². The first-order valence-electron chi connectivity index (χ1n) is 6.64. The second-order valence-corrected chi connectivity index (χ2v) is 7.31. The summed E-state index contributed by atoms with van der Waals surface area (Å²) in [5.41, 5.74) is 0.445. The monoisotopic (exact) mass is 301 g/mol. The molecule has 0 spiro atoms. The smallest absolute Gasteiger partial charge is 0.231 e. The van der Waals surface area contributed by atoms with Crippen molar-refractivity contribution in [2.24, 2.45) is 11.8 Å². The average molecular weight is 301 g/mol. The SMILES string of the molecule is C/C(=C\C(=C/CC=O)N(C)S(C)(=O)=O)OCC1CC1C. The molecule has 0 bridgehead atoms. The summed E-state index contributed by atoms with van der Waals surface area (Å²) in [6, 6.07) is 0. The van der Waals surface area contributed by atoms with E-state index < -0.39 is 10.0 Å². The fraction of sp³-hybridized carbons (Fsp3) is 0.643. The van der Waals surface area contributed by atoms with E-state index in [-0.39, 0.29) is 6.42 Å². The Morgan fingerprint density at radius 1 is 1.45 bits per heavy atom. The minimum absolute atomic E-state index is 0.165. The van der Waals surface area contributed by atoms with Crippen LogP contribution in [0.15, 0.2) is 23.6 Å². The maximum atomic E-state index is 11.6. The van der Waals surface area contributed by atoms with Crippen LogP contribution in [0.3, 0.4) is 0 Å². The molecule has 0 heterocycles. The Morgan fingerprint density at radius 2 is 2.05 bits per heavy atom. The van der Waals surface area contributed by atoms with Crippen molar-refractivity contribution in [1.82, 2.24) is 4.31 Å². The molecule has 0 saturated heterocycles. The molecular formula is C14H23NO4S. The third-order valence-electron chi connectivity index (χ3n) is 3.44. The Hall–Kier alpha value is -1.30. The number of nitrogens with zero attached hydrogens (tertiary/aromatic N) is 1. The number of likely N-dealkylation sites (N-methyl/N-ethyl adjacent to an activating group) is 1. The fourth-order valence-corrected chi connectivity index (χ4v) is 2.27. The Labute approximate surface area is 121 Å². The second kappa shape index (κ2) is 6.92. The van der Waals surface area contributed by atoms with Crippen LogP contribution in [0.4, 0.5) is 0 Å². The Morgan fingerprint density at radius 3 is 2.50 bits per heavy atom. The maximum absolute atomic E-state index is 11.6. The van der Waals surface area contributed by atoms with Crippen molar-refractivity contribution in [3.8, 4) is 0 Å². The van der Waals surface area contributed by atoms with Gasteiger partial charge in [0.15, 0.2) is 0 Å². The van der Waals surface area contributed by atoms with E-state index in [1.165, 1.54) is 13.5 Å². The highest BCUT2D eigenvalue weighted by atomic mass is 32.2. The minimum Gasteiger partial charge on any atom is -0.498 e. The summed E-state index contributed by atoms with van der Waals surface area (Å²) in [6.07, 6.45) is 6.42. The normalized spacial score (nSPS) is 23.4. The van der Waals surface area contributed by atoms with Crippen LogP contribution < -0.4 is 0 Å². The number of aldehydes is 1. The molecule has 5 nitrogen and oxygen atoms in total. The molecule has 1 aliphatic carbocycles. The summed E-state index contributed by atoms with van der Waals surface area (Å²) >= 11 is 0. The zero-order valence-corrected chi connectivity index (χ0v) is 13.3. The Bertz CT molecular complexity index is 507. The second-order valence-electron chi connectivity index (χ2n) is 5.30. The number of carbonyl (C=O) groups excluding carboxylic acids is 1. The van der Waals surface area contributed by atoms with Gasteiger partial charge in [0.2, 0.25) is 10.0 Å². The first-order valence-corrected chi connectivity index (χ1v) is 8.49. The molecule has 2 atom stereocenters. The summed E-state index contributed by atoms with van der Waals surface area (Å²) in [6.45, 7) is 4.63. The number of hydrogen-bond donors (Lipinski definition) is 0. The summed E-state index contributed by atoms with van der Waals surface area (Å²) in [4.78, 5) is 10.5. The Kier molecular flexibility index (Phi) is 5.80. The van der Waals surface area contributed by atoms with Gasteiger partial charge in [-0.25, -0.2) is 8.42 Å². The third-order valence-corrected chi connectivity index (χ3v) is 4.64. The number of allylic oxidation sites excluding steroid dienone is 3. The first kappa shape index (κ1) is 16.8. The van der Waals surface area contributed by atoms with E-state index in [0.29, 0.717) is 29.9 Å². The molecule has 1 saturated carbocycles. The molecule has 20 heavy (non-hydrogen) atoms. The van der Waals surface area contributed by atoms with Crippen LogP contribution in [-0.2, 0) is 19.6 Å². The van der Waals surface area contributed by atoms with Gasteiger partial charge in [-0.1, -0.05) is 13.0 Å². The molecule has 0 aliphatic heterocycles. The zero-order chi connectivity index (χ0) is 15.3. The molecule has 0 N–H and O–H groups in total. The molecule has 1 rings (SSSR count). The standard InChI is InChI=1S/C14H23NO4S/c1-11-8-13(11)10-19-12(2)9-14(6-5-7-16)15(3)20(4,17)18/h6-7,9,11,13H,5,8,10H2,1-4H3/b12-9+,14-6+. The van der Waals surface area contributed by atoms with Crippen LogP contribution in [0.25, 0.3) is 0 Å². The Balaban J connectivity index is 2.74. The average Bonchev–Trinajstić information content (AvgIpc) is 3.06. The first-order chi connectivity index (χ1) is 9.25.